The molecule has 0 aliphatic heterocycles. The molecule has 0 atom stereocenters. The molecule has 1 aliphatic carbocycles. The fourth-order valence-electron chi connectivity index (χ4n) is 1.89. The molecule has 1 aromatic rings. The van der Waals surface area contributed by atoms with Gasteiger partial charge in [0.05, 0.1) is 0 Å². The zero-order chi connectivity index (χ0) is 11.8. The van der Waals surface area contributed by atoms with Crippen LogP contribution < -0.4 is 5.73 Å². The first-order valence-corrected chi connectivity index (χ1v) is 5.77. The van der Waals surface area contributed by atoms with Crippen LogP contribution in [0.2, 0.25) is 0 Å². The number of phenols is 1. The van der Waals surface area contributed by atoms with E-state index in [1.807, 2.05) is 6.07 Å². The Morgan fingerprint density at radius 1 is 1.38 bits per heavy atom. The summed E-state index contributed by atoms with van der Waals surface area (Å²) in [6.45, 7) is 1.02. The summed E-state index contributed by atoms with van der Waals surface area (Å²) in [4.78, 5) is 2.15. The van der Waals surface area contributed by atoms with Gasteiger partial charge in [0.1, 0.15) is 5.75 Å². The molecule has 0 heterocycles. The van der Waals surface area contributed by atoms with E-state index in [0.29, 0.717) is 5.75 Å². The topological polar surface area (TPSA) is 49.5 Å². The molecule has 88 valence electrons. The number of hydrogen-bond donors (Lipinski definition) is 2. The molecule has 0 spiro atoms. The van der Waals surface area contributed by atoms with Crippen LogP contribution in [0.3, 0.4) is 0 Å². The molecule has 2 rings (SSSR count). The van der Waals surface area contributed by atoms with Crippen molar-refractivity contribution in [2.24, 2.45) is 5.73 Å². The predicted molar refractivity (Wildman–Crippen MR) is 65.5 cm³/mol. The molecular formula is C13H20N2O. The van der Waals surface area contributed by atoms with E-state index in [1.54, 1.807) is 6.07 Å². The van der Waals surface area contributed by atoms with E-state index < -0.39 is 0 Å². The fraction of sp³-hybridized carbons (Fsp3) is 0.538. The summed E-state index contributed by atoms with van der Waals surface area (Å²) in [6, 6.07) is 5.81. The molecule has 3 N–H and O–H groups in total. The van der Waals surface area contributed by atoms with Gasteiger partial charge in [-0.3, -0.25) is 0 Å². The summed E-state index contributed by atoms with van der Waals surface area (Å²) in [5.41, 5.74) is 8.04. The predicted octanol–water partition coefficient (Wildman–Crippen LogP) is 1.44. The van der Waals surface area contributed by atoms with Crippen LogP contribution in [0.25, 0.3) is 0 Å². The largest absolute Gasteiger partial charge is 0.508 e. The third-order valence-electron chi connectivity index (χ3n) is 3.23. The molecule has 3 heteroatoms. The molecule has 0 radical (unpaired) electrons. The Kier molecular flexibility index (Phi) is 2.91. The highest BCUT2D eigenvalue weighted by atomic mass is 16.3. The van der Waals surface area contributed by atoms with E-state index >= 15 is 0 Å². The Bertz CT molecular complexity index is 384. The van der Waals surface area contributed by atoms with Gasteiger partial charge in [-0.15, -0.1) is 0 Å². The summed E-state index contributed by atoms with van der Waals surface area (Å²) in [5.74, 6) is 0.341. The molecule has 0 unspecified atom stereocenters. The van der Waals surface area contributed by atoms with Crippen LogP contribution in [-0.2, 0) is 12.0 Å². The zero-order valence-electron chi connectivity index (χ0n) is 10.0. The normalized spacial score (nSPS) is 17.8. The number of rotatable bonds is 4. The number of nitrogens with zero attached hydrogens (tertiary/aromatic N) is 1. The van der Waals surface area contributed by atoms with Crippen LogP contribution in [-0.4, -0.2) is 30.6 Å². The molecule has 0 bridgehead atoms. The van der Waals surface area contributed by atoms with Crippen molar-refractivity contribution in [2.45, 2.75) is 24.8 Å². The van der Waals surface area contributed by atoms with Crippen molar-refractivity contribution in [3.8, 4) is 5.75 Å². The average Bonchev–Trinajstić information content (AvgIpc) is 2.96. The van der Waals surface area contributed by atoms with Gasteiger partial charge in [0, 0.05) is 17.6 Å². The zero-order valence-corrected chi connectivity index (χ0v) is 10.0. The molecular weight excluding hydrogens is 200 g/mol. The van der Waals surface area contributed by atoms with Gasteiger partial charge in [0.2, 0.25) is 0 Å². The van der Waals surface area contributed by atoms with Crippen LogP contribution >= 0.6 is 0 Å². The van der Waals surface area contributed by atoms with Crippen molar-refractivity contribution in [2.75, 3.05) is 20.6 Å². The second kappa shape index (κ2) is 4.07. The standard InChI is InChI=1S/C13H20N2O/c1-15(2)8-5-10-3-4-12(16)11(9-10)13(14)6-7-13/h3-4,9,16H,5-8,14H2,1-2H3. The molecule has 0 amide bonds. The first-order valence-electron chi connectivity index (χ1n) is 5.77. The summed E-state index contributed by atoms with van der Waals surface area (Å²) < 4.78 is 0. The highest BCUT2D eigenvalue weighted by Crippen LogP contribution is 2.46. The Morgan fingerprint density at radius 3 is 2.62 bits per heavy atom. The van der Waals surface area contributed by atoms with Crippen LogP contribution in [0.1, 0.15) is 24.0 Å². The maximum atomic E-state index is 9.80. The average molecular weight is 220 g/mol. The van der Waals surface area contributed by atoms with Crippen molar-refractivity contribution in [3.05, 3.63) is 29.3 Å². The van der Waals surface area contributed by atoms with Gasteiger partial charge in [-0.25, -0.2) is 0 Å². The highest BCUT2D eigenvalue weighted by molar-refractivity contribution is 5.43. The van der Waals surface area contributed by atoms with Gasteiger partial charge < -0.3 is 15.7 Å². The Labute approximate surface area is 96.9 Å². The number of phenolic OH excluding ortho intramolecular Hbond substituents is 1. The van der Waals surface area contributed by atoms with E-state index in [1.165, 1.54) is 5.56 Å². The lowest BCUT2D eigenvalue weighted by Gasteiger charge is -2.14. The van der Waals surface area contributed by atoms with Crippen molar-refractivity contribution in [3.63, 3.8) is 0 Å². The Hall–Kier alpha value is -1.06. The minimum Gasteiger partial charge on any atom is -0.508 e. The van der Waals surface area contributed by atoms with Crippen LogP contribution in [0.15, 0.2) is 18.2 Å². The highest BCUT2D eigenvalue weighted by Gasteiger charge is 2.41. The number of benzene rings is 1. The van der Waals surface area contributed by atoms with Gasteiger partial charge in [0.25, 0.3) is 0 Å². The van der Waals surface area contributed by atoms with Crippen molar-refractivity contribution in [1.82, 2.24) is 4.90 Å². The van der Waals surface area contributed by atoms with Gasteiger partial charge in [-0.05, 0) is 45.0 Å². The van der Waals surface area contributed by atoms with E-state index in [-0.39, 0.29) is 5.54 Å². The van der Waals surface area contributed by atoms with E-state index in [2.05, 4.69) is 25.1 Å². The molecule has 1 aliphatic rings. The first kappa shape index (κ1) is 11.4. The molecule has 1 fully saturated rings. The molecule has 3 nitrogen and oxygen atoms in total. The molecule has 0 aromatic heterocycles. The number of likely N-dealkylation sites (N-methyl/N-ethyl adjacent to an activating group) is 1. The van der Waals surface area contributed by atoms with E-state index in [4.69, 9.17) is 5.73 Å². The maximum absolute atomic E-state index is 9.80. The number of nitrogens with two attached hydrogens (primary N) is 1. The fourth-order valence-corrected chi connectivity index (χ4v) is 1.89. The van der Waals surface area contributed by atoms with E-state index in [0.717, 1.165) is 31.4 Å². The van der Waals surface area contributed by atoms with E-state index in [9.17, 15) is 5.11 Å². The van der Waals surface area contributed by atoms with Gasteiger partial charge >= 0.3 is 0 Å². The van der Waals surface area contributed by atoms with Crippen LogP contribution in [0, 0.1) is 0 Å². The minimum atomic E-state index is -0.252. The molecule has 1 aromatic carbocycles. The Balaban J connectivity index is 2.16. The summed E-state index contributed by atoms with van der Waals surface area (Å²) in [5, 5.41) is 9.80. The third-order valence-corrected chi connectivity index (χ3v) is 3.23. The lowest BCUT2D eigenvalue weighted by Crippen LogP contribution is -2.19. The van der Waals surface area contributed by atoms with Gasteiger partial charge in [-0.1, -0.05) is 12.1 Å². The van der Waals surface area contributed by atoms with Gasteiger partial charge in [0.15, 0.2) is 0 Å². The van der Waals surface area contributed by atoms with Gasteiger partial charge in [-0.2, -0.15) is 0 Å². The molecule has 0 saturated heterocycles. The summed E-state index contributed by atoms with van der Waals surface area (Å²) >= 11 is 0. The Morgan fingerprint density at radius 2 is 2.06 bits per heavy atom. The molecule has 1 saturated carbocycles. The van der Waals surface area contributed by atoms with Crippen molar-refractivity contribution < 1.29 is 5.11 Å². The quantitative estimate of drug-likeness (QED) is 0.807. The monoisotopic (exact) mass is 220 g/mol. The SMILES string of the molecule is CN(C)CCc1ccc(O)c(C2(N)CC2)c1. The van der Waals surface area contributed by atoms with Crippen LogP contribution in [0.5, 0.6) is 5.75 Å². The second-order valence-electron chi connectivity index (χ2n) is 5.06. The lowest BCUT2D eigenvalue weighted by molar-refractivity contribution is 0.413. The third kappa shape index (κ3) is 2.36. The smallest absolute Gasteiger partial charge is 0.120 e. The summed E-state index contributed by atoms with van der Waals surface area (Å²) in [7, 11) is 4.12. The minimum absolute atomic E-state index is 0.252. The molecule has 16 heavy (non-hydrogen) atoms. The maximum Gasteiger partial charge on any atom is 0.120 e. The number of aromatic hydroxyl groups is 1. The second-order valence-corrected chi connectivity index (χ2v) is 5.06. The lowest BCUT2D eigenvalue weighted by atomic mass is 10.00. The van der Waals surface area contributed by atoms with Crippen molar-refractivity contribution >= 4 is 0 Å². The number of hydrogen-bond acceptors (Lipinski definition) is 3. The summed E-state index contributed by atoms with van der Waals surface area (Å²) in [6.07, 6.45) is 2.96. The van der Waals surface area contributed by atoms with Crippen LogP contribution in [0.4, 0.5) is 0 Å². The van der Waals surface area contributed by atoms with Crippen molar-refractivity contribution in [1.29, 1.82) is 0 Å². The first-order chi connectivity index (χ1) is 7.51.